The summed E-state index contributed by atoms with van der Waals surface area (Å²) in [5.41, 5.74) is 4.52. The number of H-pyrrole nitrogens is 1. The summed E-state index contributed by atoms with van der Waals surface area (Å²) in [4.78, 5) is 20.1. The minimum atomic E-state index is -0.409. The number of para-hydroxylation sites is 1. The van der Waals surface area contributed by atoms with E-state index in [4.69, 9.17) is 4.74 Å². The van der Waals surface area contributed by atoms with Gasteiger partial charge < -0.3 is 9.72 Å². The number of aryl methyl sites for hydroxylation is 2. The molecule has 4 nitrogen and oxygen atoms in total. The van der Waals surface area contributed by atoms with Crippen LogP contribution in [0, 0.1) is 0 Å². The largest absolute Gasteiger partial charge is 0.464 e. The van der Waals surface area contributed by atoms with Gasteiger partial charge in [-0.25, -0.2) is 9.78 Å². The van der Waals surface area contributed by atoms with E-state index < -0.39 is 5.97 Å². The number of carbonyl (C=O) groups excluding carboxylic acids is 1. The molecule has 2 heterocycles. The van der Waals surface area contributed by atoms with E-state index >= 15 is 0 Å². The minimum absolute atomic E-state index is 0.350. The van der Waals surface area contributed by atoms with Crippen LogP contribution in [0.5, 0.6) is 0 Å². The number of aromatic nitrogens is 2. The van der Waals surface area contributed by atoms with Crippen molar-refractivity contribution in [1.29, 1.82) is 0 Å². The Labute approximate surface area is 145 Å². The molecule has 0 amide bonds. The summed E-state index contributed by atoms with van der Waals surface area (Å²) in [5.74, 6) is -0.409. The number of pyridine rings is 1. The van der Waals surface area contributed by atoms with Crippen molar-refractivity contribution >= 4 is 27.8 Å². The molecule has 0 unspecified atom stereocenters. The highest BCUT2D eigenvalue weighted by Gasteiger charge is 2.16. The van der Waals surface area contributed by atoms with Crippen molar-refractivity contribution in [3.8, 4) is 0 Å². The van der Waals surface area contributed by atoms with E-state index in [9.17, 15) is 4.79 Å². The van der Waals surface area contributed by atoms with Crippen LogP contribution in [0.3, 0.4) is 0 Å². The molecular formula is C21H18N2O2. The van der Waals surface area contributed by atoms with Gasteiger partial charge in [0.15, 0.2) is 0 Å². The first-order chi connectivity index (χ1) is 12.3. The van der Waals surface area contributed by atoms with Gasteiger partial charge in [-0.2, -0.15) is 0 Å². The zero-order valence-corrected chi connectivity index (χ0v) is 14.0. The van der Waals surface area contributed by atoms with Crippen LogP contribution in [0.25, 0.3) is 21.8 Å². The Morgan fingerprint density at radius 1 is 1.00 bits per heavy atom. The molecule has 124 valence electrons. The van der Waals surface area contributed by atoms with E-state index in [0.717, 1.165) is 40.3 Å². The number of nitrogens with one attached hydrogen (secondary N) is 1. The third-order valence-corrected chi connectivity index (χ3v) is 4.46. The molecule has 0 saturated heterocycles. The fourth-order valence-corrected chi connectivity index (χ4v) is 3.21. The van der Waals surface area contributed by atoms with E-state index in [2.05, 4.69) is 28.2 Å². The molecule has 0 saturated carbocycles. The van der Waals surface area contributed by atoms with Crippen molar-refractivity contribution in [3.63, 3.8) is 0 Å². The number of fused-ring (bicyclic) bond motifs is 3. The SMILES string of the molecule is COC(=O)c1cc2c([nH]c3ccccc32)c(CCc2ccccc2)n1. The van der Waals surface area contributed by atoms with Gasteiger partial charge in [0, 0.05) is 16.3 Å². The molecule has 4 aromatic rings. The first-order valence-corrected chi connectivity index (χ1v) is 8.29. The van der Waals surface area contributed by atoms with E-state index in [-0.39, 0.29) is 0 Å². The summed E-state index contributed by atoms with van der Waals surface area (Å²) in [6, 6.07) is 20.2. The molecule has 2 aromatic carbocycles. The first kappa shape index (κ1) is 15.4. The molecule has 0 aliphatic heterocycles. The lowest BCUT2D eigenvalue weighted by Crippen LogP contribution is -2.07. The van der Waals surface area contributed by atoms with Gasteiger partial charge in [0.1, 0.15) is 5.69 Å². The number of methoxy groups -OCH3 is 1. The van der Waals surface area contributed by atoms with Crippen LogP contribution in [0.1, 0.15) is 21.7 Å². The maximum atomic E-state index is 12.0. The standard InChI is InChI=1S/C21H18N2O2/c1-25-21(24)19-13-16-15-9-5-6-10-17(15)23-20(16)18(22-19)12-11-14-7-3-2-4-8-14/h2-10,13,23H,11-12H2,1H3. The second-order valence-corrected chi connectivity index (χ2v) is 6.02. The van der Waals surface area contributed by atoms with E-state index in [1.54, 1.807) is 0 Å². The normalized spacial score (nSPS) is 11.1. The molecule has 25 heavy (non-hydrogen) atoms. The Bertz CT molecular complexity index is 1050. The Hall–Kier alpha value is -3.14. The summed E-state index contributed by atoms with van der Waals surface area (Å²) in [6.45, 7) is 0. The number of carbonyl (C=O) groups is 1. The van der Waals surface area contributed by atoms with Crippen LogP contribution < -0.4 is 0 Å². The average Bonchev–Trinajstić information content (AvgIpc) is 3.05. The number of aromatic amines is 1. The second kappa shape index (κ2) is 6.40. The van der Waals surface area contributed by atoms with E-state index in [1.165, 1.54) is 12.7 Å². The quantitative estimate of drug-likeness (QED) is 0.568. The summed E-state index contributed by atoms with van der Waals surface area (Å²) in [5, 5.41) is 2.10. The van der Waals surface area contributed by atoms with Gasteiger partial charge in [0.25, 0.3) is 0 Å². The Morgan fingerprint density at radius 2 is 1.76 bits per heavy atom. The lowest BCUT2D eigenvalue weighted by Gasteiger charge is -2.06. The molecule has 0 bridgehead atoms. The highest BCUT2D eigenvalue weighted by molar-refractivity contribution is 6.09. The summed E-state index contributed by atoms with van der Waals surface area (Å²) in [7, 11) is 1.38. The monoisotopic (exact) mass is 330 g/mol. The van der Waals surface area contributed by atoms with Crippen LogP contribution in [0.2, 0.25) is 0 Å². The molecule has 0 radical (unpaired) electrons. The molecule has 2 aromatic heterocycles. The number of rotatable bonds is 4. The van der Waals surface area contributed by atoms with Gasteiger partial charge >= 0.3 is 5.97 Å². The van der Waals surface area contributed by atoms with Crippen LogP contribution in [0.15, 0.2) is 60.7 Å². The molecule has 0 fully saturated rings. The fourth-order valence-electron chi connectivity index (χ4n) is 3.21. The van der Waals surface area contributed by atoms with Crippen molar-refractivity contribution in [1.82, 2.24) is 9.97 Å². The van der Waals surface area contributed by atoms with Crippen molar-refractivity contribution < 1.29 is 9.53 Å². The van der Waals surface area contributed by atoms with Crippen LogP contribution >= 0.6 is 0 Å². The molecule has 0 aliphatic carbocycles. The highest BCUT2D eigenvalue weighted by atomic mass is 16.5. The number of nitrogens with zero attached hydrogens (tertiary/aromatic N) is 1. The third-order valence-electron chi connectivity index (χ3n) is 4.46. The number of hydrogen-bond acceptors (Lipinski definition) is 3. The van der Waals surface area contributed by atoms with Gasteiger partial charge in [0.05, 0.1) is 18.3 Å². The van der Waals surface area contributed by atoms with E-state index in [0.29, 0.717) is 5.69 Å². The van der Waals surface area contributed by atoms with Crippen molar-refractivity contribution in [3.05, 3.63) is 77.6 Å². The third kappa shape index (κ3) is 2.87. The molecular weight excluding hydrogens is 312 g/mol. The molecule has 4 rings (SSSR count). The van der Waals surface area contributed by atoms with Gasteiger partial charge in [-0.1, -0.05) is 48.5 Å². The first-order valence-electron chi connectivity index (χ1n) is 8.29. The van der Waals surface area contributed by atoms with Crippen LogP contribution in [-0.2, 0) is 17.6 Å². The maximum absolute atomic E-state index is 12.0. The van der Waals surface area contributed by atoms with Crippen LogP contribution in [0.4, 0.5) is 0 Å². The van der Waals surface area contributed by atoms with Crippen molar-refractivity contribution in [2.45, 2.75) is 12.8 Å². The number of benzene rings is 2. The van der Waals surface area contributed by atoms with E-state index in [1.807, 2.05) is 42.5 Å². The minimum Gasteiger partial charge on any atom is -0.464 e. The maximum Gasteiger partial charge on any atom is 0.356 e. The predicted molar refractivity (Wildman–Crippen MR) is 98.8 cm³/mol. The predicted octanol–water partition coefficient (Wildman–Crippen LogP) is 4.29. The van der Waals surface area contributed by atoms with Crippen molar-refractivity contribution in [2.24, 2.45) is 0 Å². The zero-order chi connectivity index (χ0) is 17.2. The Morgan fingerprint density at radius 3 is 2.56 bits per heavy atom. The molecule has 0 atom stereocenters. The lowest BCUT2D eigenvalue weighted by molar-refractivity contribution is 0.0594. The van der Waals surface area contributed by atoms with Crippen molar-refractivity contribution in [2.75, 3.05) is 7.11 Å². The summed E-state index contributed by atoms with van der Waals surface area (Å²) < 4.78 is 4.88. The Kier molecular flexibility index (Phi) is 3.94. The molecule has 4 heteroatoms. The summed E-state index contributed by atoms with van der Waals surface area (Å²) in [6.07, 6.45) is 1.61. The van der Waals surface area contributed by atoms with Gasteiger partial charge in [-0.15, -0.1) is 0 Å². The number of ether oxygens (including phenoxy) is 1. The number of hydrogen-bond donors (Lipinski definition) is 1. The smallest absolute Gasteiger partial charge is 0.356 e. The van der Waals surface area contributed by atoms with Gasteiger partial charge in [0.2, 0.25) is 0 Å². The Balaban J connectivity index is 1.84. The average molecular weight is 330 g/mol. The van der Waals surface area contributed by atoms with Gasteiger partial charge in [-0.05, 0) is 30.5 Å². The van der Waals surface area contributed by atoms with Crippen LogP contribution in [-0.4, -0.2) is 23.0 Å². The second-order valence-electron chi connectivity index (χ2n) is 6.02. The fraction of sp³-hybridized carbons (Fsp3) is 0.143. The van der Waals surface area contributed by atoms with Gasteiger partial charge in [-0.3, -0.25) is 0 Å². The topological polar surface area (TPSA) is 55.0 Å². The lowest BCUT2D eigenvalue weighted by atomic mass is 10.1. The molecule has 1 N–H and O–H groups in total. The zero-order valence-electron chi connectivity index (χ0n) is 14.0. The highest BCUT2D eigenvalue weighted by Crippen LogP contribution is 2.28. The molecule has 0 spiro atoms. The summed E-state index contributed by atoms with van der Waals surface area (Å²) >= 11 is 0. The number of esters is 1. The molecule has 0 aliphatic rings.